The van der Waals surface area contributed by atoms with Crippen molar-refractivity contribution in [1.82, 2.24) is 9.97 Å². The van der Waals surface area contributed by atoms with Gasteiger partial charge in [0.1, 0.15) is 4.90 Å². The number of hydrogen-bond acceptors (Lipinski definition) is 6. The molecule has 7 nitrogen and oxygen atoms in total. The van der Waals surface area contributed by atoms with Crippen LogP contribution in [0, 0.1) is 6.92 Å². The zero-order valence-corrected chi connectivity index (χ0v) is 12.0. The first kappa shape index (κ1) is 14.5. The predicted molar refractivity (Wildman–Crippen MR) is 76.8 cm³/mol. The number of pyridine rings is 2. The summed E-state index contributed by atoms with van der Waals surface area (Å²) in [7, 11) is -3.78. The molecular formula is C11H12ClN5O2S. The van der Waals surface area contributed by atoms with Gasteiger partial charge in [-0.1, -0.05) is 11.6 Å². The van der Waals surface area contributed by atoms with Gasteiger partial charge in [0, 0.05) is 12.4 Å². The highest BCUT2D eigenvalue weighted by atomic mass is 35.5. The number of hydrogen-bond donors (Lipinski definition) is 3. The van der Waals surface area contributed by atoms with E-state index in [2.05, 4.69) is 20.1 Å². The summed E-state index contributed by atoms with van der Waals surface area (Å²) in [5, 5.41) is 0.109. The number of halogens is 1. The highest BCUT2D eigenvalue weighted by Crippen LogP contribution is 2.23. The average molecular weight is 314 g/mol. The molecule has 0 fully saturated rings. The maximum Gasteiger partial charge on any atom is 0.263 e. The minimum atomic E-state index is -3.78. The van der Waals surface area contributed by atoms with Crippen molar-refractivity contribution in [2.75, 3.05) is 10.1 Å². The zero-order chi connectivity index (χ0) is 14.8. The van der Waals surface area contributed by atoms with E-state index < -0.39 is 10.0 Å². The number of anilines is 2. The van der Waals surface area contributed by atoms with E-state index in [4.69, 9.17) is 17.4 Å². The van der Waals surface area contributed by atoms with Gasteiger partial charge in [-0.25, -0.2) is 19.2 Å². The number of nitrogens with one attached hydrogen (secondary N) is 2. The van der Waals surface area contributed by atoms with Crippen LogP contribution in [0.15, 0.2) is 35.6 Å². The molecule has 2 rings (SSSR count). The Morgan fingerprint density at radius 2 is 2.00 bits per heavy atom. The molecule has 0 amide bonds. The second kappa shape index (κ2) is 5.61. The van der Waals surface area contributed by atoms with Crippen LogP contribution in [0.25, 0.3) is 0 Å². The van der Waals surface area contributed by atoms with E-state index in [9.17, 15) is 8.42 Å². The number of sulfonamides is 1. The van der Waals surface area contributed by atoms with Gasteiger partial charge < -0.3 is 5.43 Å². The number of nitrogens with two attached hydrogens (primary N) is 1. The van der Waals surface area contributed by atoms with E-state index in [0.29, 0.717) is 5.69 Å². The molecular weight excluding hydrogens is 302 g/mol. The van der Waals surface area contributed by atoms with E-state index in [-0.39, 0.29) is 15.7 Å². The molecule has 0 aliphatic carbocycles. The summed E-state index contributed by atoms with van der Waals surface area (Å²) in [6.45, 7) is 1.81. The summed E-state index contributed by atoms with van der Waals surface area (Å²) in [6, 6.07) is 2.92. The van der Waals surface area contributed by atoms with Crippen molar-refractivity contribution in [2.24, 2.45) is 5.84 Å². The normalized spacial score (nSPS) is 11.2. The Hall–Kier alpha value is -1.90. The first-order valence-electron chi connectivity index (χ1n) is 5.49. The van der Waals surface area contributed by atoms with Gasteiger partial charge in [-0.3, -0.25) is 9.71 Å². The fraction of sp³-hybridized carbons (Fsp3) is 0.0909. The summed E-state index contributed by atoms with van der Waals surface area (Å²) in [6.07, 6.45) is 4.19. The number of aryl methyl sites for hydroxylation is 1. The molecule has 0 aliphatic heterocycles. The Balaban J connectivity index is 2.33. The molecule has 106 valence electrons. The van der Waals surface area contributed by atoms with Crippen molar-refractivity contribution in [3.8, 4) is 0 Å². The van der Waals surface area contributed by atoms with E-state index in [1.54, 1.807) is 12.3 Å². The van der Waals surface area contributed by atoms with Crippen LogP contribution in [-0.2, 0) is 10.0 Å². The van der Waals surface area contributed by atoms with Gasteiger partial charge in [0.2, 0.25) is 0 Å². The quantitative estimate of drug-likeness (QED) is 0.583. The molecule has 9 heteroatoms. The van der Waals surface area contributed by atoms with Crippen LogP contribution in [0.4, 0.5) is 11.5 Å². The number of nitrogens with zero attached hydrogens (tertiary/aromatic N) is 2. The topological polar surface area (TPSA) is 110 Å². The van der Waals surface area contributed by atoms with Gasteiger partial charge in [-0.2, -0.15) is 0 Å². The van der Waals surface area contributed by atoms with Crippen molar-refractivity contribution in [3.63, 3.8) is 0 Å². The molecule has 0 saturated carbocycles. The third-order valence-corrected chi connectivity index (χ3v) is 4.03. The molecule has 4 N–H and O–H groups in total. The summed E-state index contributed by atoms with van der Waals surface area (Å²) < 4.78 is 26.8. The number of rotatable bonds is 4. The summed E-state index contributed by atoms with van der Waals surface area (Å²) >= 11 is 5.85. The third kappa shape index (κ3) is 3.16. The Kier molecular flexibility index (Phi) is 4.07. The van der Waals surface area contributed by atoms with Crippen molar-refractivity contribution >= 4 is 33.1 Å². The van der Waals surface area contributed by atoms with Crippen molar-refractivity contribution < 1.29 is 8.42 Å². The van der Waals surface area contributed by atoms with Gasteiger partial charge in [0.05, 0.1) is 16.9 Å². The number of aromatic nitrogens is 2. The van der Waals surface area contributed by atoms with Crippen LogP contribution in [0.3, 0.4) is 0 Å². The fourth-order valence-corrected chi connectivity index (χ4v) is 2.79. The van der Waals surface area contributed by atoms with E-state index in [1.165, 1.54) is 12.3 Å². The van der Waals surface area contributed by atoms with Gasteiger partial charge in [0.25, 0.3) is 10.0 Å². The van der Waals surface area contributed by atoms with Crippen LogP contribution >= 0.6 is 11.6 Å². The predicted octanol–water partition coefficient (Wildman–Crippen LogP) is 1.52. The Bertz CT molecular complexity index is 735. The van der Waals surface area contributed by atoms with Crippen LogP contribution < -0.4 is 16.0 Å². The zero-order valence-electron chi connectivity index (χ0n) is 10.5. The molecule has 0 bridgehead atoms. The molecule has 0 saturated heterocycles. The first-order chi connectivity index (χ1) is 9.42. The summed E-state index contributed by atoms with van der Waals surface area (Å²) in [5.74, 6) is 5.38. The smallest absolute Gasteiger partial charge is 0.263 e. The number of nitrogen functional groups attached to an aromatic ring is 1. The van der Waals surface area contributed by atoms with Crippen LogP contribution in [0.2, 0.25) is 5.02 Å². The maximum absolute atomic E-state index is 12.2. The Morgan fingerprint density at radius 1 is 1.25 bits per heavy atom. The van der Waals surface area contributed by atoms with Crippen LogP contribution in [0.5, 0.6) is 0 Å². The SMILES string of the molecule is Cc1cncc(NS(=O)(=O)c2cnc(NN)c(Cl)c2)c1. The van der Waals surface area contributed by atoms with Gasteiger partial charge >= 0.3 is 0 Å². The maximum atomic E-state index is 12.2. The highest BCUT2D eigenvalue weighted by Gasteiger charge is 2.17. The molecule has 2 aromatic rings. The lowest BCUT2D eigenvalue weighted by Gasteiger charge is -2.09. The summed E-state index contributed by atoms with van der Waals surface area (Å²) in [5.41, 5.74) is 3.46. The molecule has 0 spiro atoms. The first-order valence-corrected chi connectivity index (χ1v) is 7.35. The minimum absolute atomic E-state index is 0.0667. The second-order valence-corrected chi connectivity index (χ2v) is 6.09. The van der Waals surface area contributed by atoms with E-state index in [1.807, 2.05) is 6.92 Å². The monoisotopic (exact) mass is 313 g/mol. The molecule has 2 aromatic heterocycles. The minimum Gasteiger partial charge on any atom is -0.307 e. The number of hydrazine groups is 1. The average Bonchev–Trinajstić information content (AvgIpc) is 2.38. The van der Waals surface area contributed by atoms with E-state index >= 15 is 0 Å². The molecule has 0 unspecified atom stereocenters. The molecule has 2 heterocycles. The van der Waals surface area contributed by atoms with Gasteiger partial charge in [-0.15, -0.1) is 0 Å². The molecule has 0 radical (unpaired) electrons. The van der Waals surface area contributed by atoms with Crippen molar-refractivity contribution in [1.29, 1.82) is 0 Å². The lowest BCUT2D eigenvalue weighted by molar-refractivity contribution is 0.601. The lowest BCUT2D eigenvalue weighted by atomic mass is 10.3. The fourth-order valence-electron chi connectivity index (χ4n) is 1.50. The Morgan fingerprint density at radius 3 is 2.60 bits per heavy atom. The third-order valence-electron chi connectivity index (χ3n) is 2.39. The Labute approximate surface area is 121 Å². The standard InChI is InChI=1S/C11H12ClN5O2S/c1-7-2-8(5-14-4-7)17-20(18,19)9-3-10(12)11(16-13)15-6-9/h2-6,17H,13H2,1H3,(H,15,16). The van der Waals surface area contributed by atoms with Gasteiger partial charge in [0.15, 0.2) is 5.82 Å². The van der Waals surface area contributed by atoms with Crippen molar-refractivity contribution in [2.45, 2.75) is 11.8 Å². The van der Waals surface area contributed by atoms with Crippen LogP contribution in [0.1, 0.15) is 5.56 Å². The molecule has 0 aliphatic rings. The van der Waals surface area contributed by atoms with E-state index in [0.717, 1.165) is 11.8 Å². The molecule has 0 atom stereocenters. The molecule has 0 aromatic carbocycles. The van der Waals surface area contributed by atoms with Gasteiger partial charge in [-0.05, 0) is 24.6 Å². The molecule has 20 heavy (non-hydrogen) atoms. The highest BCUT2D eigenvalue weighted by molar-refractivity contribution is 7.92. The summed E-state index contributed by atoms with van der Waals surface area (Å²) in [4.78, 5) is 7.66. The van der Waals surface area contributed by atoms with Crippen LogP contribution in [-0.4, -0.2) is 18.4 Å². The lowest BCUT2D eigenvalue weighted by Crippen LogP contribution is -2.15. The largest absolute Gasteiger partial charge is 0.307 e. The second-order valence-electron chi connectivity index (χ2n) is 4.00. The van der Waals surface area contributed by atoms with Crippen molar-refractivity contribution in [3.05, 3.63) is 41.3 Å².